The Labute approximate surface area is 183 Å². The zero-order valence-electron chi connectivity index (χ0n) is 15.6. The van der Waals surface area contributed by atoms with E-state index in [0.717, 1.165) is 6.07 Å². The number of aliphatic imine (C=N–C) groups is 1. The topological polar surface area (TPSA) is 65.5 Å². The molecule has 5 nitrogen and oxygen atoms in total. The van der Waals surface area contributed by atoms with Crippen LogP contribution in [0.25, 0.3) is 0 Å². The summed E-state index contributed by atoms with van der Waals surface area (Å²) in [5.74, 6) is -5.20. The van der Waals surface area contributed by atoms with Crippen molar-refractivity contribution in [3.05, 3.63) is 65.2 Å². The van der Waals surface area contributed by atoms with Crippen LogP contribution in [0.1, 0.15) is 12.5 Å². The molecule has 0 spiro atoms. The monoisotopic (exact) mass is 524 g/mol. The molecule has 0 aliphatic carbocycles. The smallest absolute Gasteiger partial charge is 0.246 e. The Kier molecular flexibility index (Phi) is 10.4. The van der Waals surface area contributed by atoms with E-state index in [1.165, 1.54) is 6.07 Å². The lowest BCUT2D eigenvalue weighted by Gasteiger charge is -2.12. The van der Waals surface area contributed by atoms with Gasteiger partial charge >= 0.3 is 0 Å². The van der Waals surface area contributed by atoms with Crippen LogP contribution in [0.4, 0.5) is 23.2 Å². The van der Waals surface area contributed by atoms with Crippen molar-refractivity contribution in [2.45, 2.75) is 13.3 Å². The van der Waals surface area contributed by atoms with Crippen LogP contribution in [0.15, 0.2) is 41.4 Å². The largest absolute Gasteiger partial charge is 0.357 e. The maximum Gasteiger partial charge on any atom is 0.246 e. The van der Waals surface area contributed by atoms with E-state index in [9.17, 15) is 22.4 Å². The van der Waals surface area contributed by atoms with E-state index in [2.05, 4.69) is 20.9 Å². The highest BCUT2D eigenvalue weighted by molar-refractivity contribution is 14.0. The Balaban J connectivity index is 0.00000420. The third kappa shape index (κ3) is 7.52. The summed E-state index contributed by atoms with van der Waals surface area (Å²) < 4.78 is 53.3. The minimum Gasteiger partial charge on any atom is -0.357 e. The Hall–Kier alpha value is -2.37. The van der Waals surface area contributed by atoms with Crippen LogP contribution in [0, 0.1) is 23.3 Å². The summed E-state index contributed by atoms with van der Waals surface area (Å²) >= 11 is 0. The van der Waals surface area contributed by atoms with E-state index >= 15 is 0 Å². The molecule has 0 bridgehead atoms. The standard InChI is InChI=1S/C19H20F4N4O.HI/c1-2-24-19(25-10-9-12-5-3-4-6-13(12)20)26-11-16(28)27-15-8-7-14(21)17(22)18(15)23;/h3-8H,2,9-11H2,1H3,(H,27,28)(H2,24,25,26);1H. The zero-order chi connectivity index (χ0) is 20.5. The van der Waals surface area contributed by atoms with Gasteiger partial charge in [0, 0.05) is 13.1 Å². The van der Waals surface area contributed by atoms with Gasteiger partial charge in [0.15, 0.2) is 23.4 Å². The van der Waals surface area contributed by atoms with E-state index in [0.29, 0.717) is 37.1 Å². The normalized spacial score (nSPS) is 10.9. The van der Waals surface area contributed by atoms with Crippen LogP contribution in [-0.4, -0.2) is 31.5 Å². The molecule has 158 valence electrons. The quantitative estimate of drug-likeness (QED) is 0.171. The average molecular weight is 524 g/mol. The van der Waals surface area contributed by atoms with Crippen LogP contribution in [-0.2, 0) is 11.2 Å². The van der Waals surface area contributed by atoms with Gasteiger partial charge in [0.2, 0.25) is 5.91 Å². The van der Waals surface area contributed by atoms with Gasteiger partial charge in [0.25, 0.3) is 0 Å². The van der Waals surface area contributed by atoms with Gasteiger partial charge in [0.05, 0.1) is 5.69 Å². The van der Waals surface area contributed by atoms with E-state index in [1.54, 1.807) is 18.2 Å². The molecule has 0 saturated carbocycles. The summed E-state index contributed by atoms with van der Waals surface area (Å²) in [6, 6.07) is 8.02. The van der Waals surface area contributed by atoms with Gasteiger partial charge in [-0.1, -0.05) is 18.2 Å². The molecule has 0 saturated heterocycles. The maximum atomic E-state index is 13.6. The summed E-state index contributed by atoms with van der Waals surface area (Å²) in [6.07, 6.45) is 0.406. The fourth-order valence-corrected chi connectivity index (χ4v) is 2.32. The van der Waals surface area contributed by atoms with Crippen molar-refractivity contribution in [1.29, 1.82) is 0 Å². The first-order valence-corrected chi connectivity index (χ1v) is 8.61. The van der Waals surface area contributed by atoms with Gasteiger partial charge in [-0.3, -0.25) is 4.79 Å². The molecule has 0 unspecified atom stereocenters. The minimum atomic E-state index is -1.66. The predicted molar refractivity (Wildman–Crippen MR) is 114 cm³/mol. The Morgan fingerprint density at radius 2 is 1.69 bits per heavy atom. The van der Waals surface area contributed by atoms with Gasteiger partial charge in [-0.2, -0.15) is 0 Å². The Morgan fingerprint density at radius 1 is 0.966 bits per heavy atom. The van der Waals surface area contributed by atoms with Crippen LogP contribution in [0.3, 0.4) is 0 Å². The third-order valence-electron chi connectivity index (χ3n) is 3.68. The number of nitrogens with zero attached hydrogens (tertiary/aromatic N) is 1. The van der Waals surface area contributed by atoms with Crippen molar-refractivity contribution in [1.82, 2.24) is 10.6 Å². The number of halogens is 5. The lowest BCUT2D eigenvalue weighted by molar-refractivity contribution is -0.114. The van der Waals surface area contributed by atoms with Gasteiger partial charge in [-0.05, 0) is 37.1 Å². The Morgan fingerprint density at radius 3 is 2.38 bits per heavy atom. The SMILES string of the molecule is CCNC(=NCC(=O)Nc1ccc(F)c(F)c1F)NCCc1ccccc1F.I. The van der Waals surface area contributed by atoms with Crippen molar-refractivity contribution >= 4 is 41.5 Å². The van der Waals surface area contributed by atoms with E-state index < -0.39 is 29.0 Å². The number of anilines is 1. The van der Waals surface area contributed by atoms with Crippen molar-refractivity contribution < 1.29 is 22.4 Å². The second-order valence-electron chi connectivity index (χ2n) is 5.73. The summed E-state index contributed by atoms with van der Waals surface area (Å²) in [7, 11) is 0. The van der Waals surface area contributed by atoms with Crippen LogP contribution in [0.5, 0.6) is 0 Å². The molecule has 1 amide bonds. The summed E-state index contributed by atoms with van der Waals surface area (Å²) in [5.41, 5.74) is 0.0639. The highest BCUT2D eigenvalue weighted by Crippen LogP contribution is 2.19. The molecule has 2 rings (SSSR count). The molecule has 10 heteroatoms. The summed E-state index contributed by atoms with van der Waals surface area (Å²) in [5, 5.41) is 8.00. The van der Waals surface area contributed by atoms with E-state index in [1.807, 2.05) is 6.92 Å². The van der Waals surface area contributed by atoms with Crippen molar-refractivity contribution in [3.8, 4) is 0 Å². The Bertz CT molecular complexity index is 864. The first-order chi connectivity index (χ1) is 13.4. The number of carbonyl (C=O) groups is 1. The molecule has 0 fully saturated rings. The van der Waals surface area contributed by atoms with Crippen molar-refractivity contribution in [3.63, 3.8) is 0 Å². The molecule has 0 heterocycles. The molecule has 2 aromatic carbocycles. The van der Waals surface area contributed by atoms with Gasteiger partial charge in [-0.15, -0.1) is 24.0 Å². The first-order valence-electron chi connectivity index (χ1n) is 8.61. The molecule has 0 aromatic heterocycles. The van der Waals surface area contributed by atoms with E-state index in [-0.39, 0.29) is 36.3 Å². The number of rotatable bonds is 7. The zero-order valence-corrected chi connectivity index (χ0v) is 17.9. The number of nitrogens with one attached hydrogen (secondary N) is 3. The van der Waals surface area contributed by atoms with Gasteiger partial charge in [0.1, 0.15) is 12.4 Å². The minimum absolute atomic E-state index is 0. The fourth-order valence-electron chi connectivity index (χ4n) is 2.32. The predicted octanol–water partition coefficient (Wildman–Crippen LogP) is 3.60. The second kappa shape index (κ2) is 12.2. The molecule has 2 aromatic rings. The first kappa shape index (κ1) is 24.7. The van der Waals surface area contributed by atoms with Crippen molar-refractivity contribution in [2.24, 2.45) is 4.99 Å². The van der Waals surface area contributed by atoms with Crippen LogP contribution in [0.2, 0.25) is 0 Å². The number of hydrogen-bond acceptors (Lipinski definition) is 2. The molecule has 0 radical (unpaired) electrons. The summed E-state index contributed by atoms with van der Waals surface area (Å²) in [4.78, 5) is 15.9. The maximum absolute atomic E-state index is 13.6. The highest BCUT2D eigenvalue weighted by Gasteiger charge is 2.15. The summed E-state index contributed by atoms with van der Waals surface area (Å²) in [6.45, 7) is 2.33. The number of benzene rings is 2. The molecular weight excluding hydrogens is 503 g/mol. The van der Waals surface area contributed by atoms with Gasteiger partial charge < -0.3 is 16.0 Å². The van der Waals surface area contributed by atoms with Crippen molar-refractivity contribution in [2.75, 3.05) is 25.0 Å². The molecule has 3 N–H and O–H groups in total. The highest BCUT2D eigenvalue weighted by atomic mass is 127. The lowest BCUT2D eigenvalue weighted by atomic mass is 10.1. The second-order valence-corrected chi connectivity index (χ2v) is 5.73. The lowest BCUT2D eigenvalue weighted by Crippen LogP contribution is -2.39. The van der Waals surface area contributed by atoms with Crippen LogP contribution >= 0.6 is 24.0 Å². The van der Waals surface area contributed by atoms with Crippen LogP contribution < -0.4 is 16.0 Å². The van der Waals surface area contributed by atoms with Gasteiger partial charge in [-0.25, -0.2) is 22.6 Å². The molecule has 0 aliphatic rings. The molecule has 0 aliphatic heterocycles. The number of amides is 1. The third-order valence-corrected chi connectivity index (χ3v) is 3.68. The molecular formula is C19H21F4IN4O. The number of carbonyl (C=O) groups excluding carboxylic acids is 1. The average Bonchev–Trinajstić information content (AvgIpc) is 2.68. The molecule has 0 atom stereocenters. The number of hydrogen-bond donors (Lipinski definition) is 3. The number of guanidine groups is 1. The van der Waals surface area contributed by atoms with E-state index in [4.69, 9.17) is 0 Å². The molecule has 29 heavy (non-hydrogen) atoms. The fraction of sp³-hybridized carbons (Fsp3) is 0.263.